The molecule has 0 bridgehead atoms. The van der Waals surface area contributed by atoms with Gasteiger partial charge in [-0.1, -0.05) is 18.2 Å². The molecular weight excluding hydrogens is 394 g/mol. The summed E-state index contributed by atoms with van der Waals surface area (Å²) in [5.74, 6) is -0.108. The molecule has 0 saturated carbocycles. The number of nitrogens with zero attached hydrogens (tertiary/aromatic N) is 2. The molecule has 0 aliphatic carbocycles. The van der Waals surface area contributed by atoms with E-state index in [2.05, 4.69) is 10.5 Å². The van der Waals surface area contributed by atoms with Crippen LogP contribution in [0.4, 0.5) is 0 Å². The summed E-state index contributed by atoms with van der Waals surface area (Å²) in [7, 11) is 1.55. The Morgan fingerprint density at radius 3 is 2.61 bits per heavy atom. The van der Waals surface area contributed by atoms with Gasteiger partial charge in [0.05, 0.1) is 31.2 Å². The van der Waals surface area contributed by atoms with Gasteiger partial charge in [-0.3, -0.25) is 4.79 Å². The second-order valence-corrected chi connectivity index (χ2v) is 6.83. The number of carbonyl (C=O) groups excluding carboxylic acids is 2. The van der Waals surface area contributed by atoms with Crippen LogP contribution in [0.5, 0.6) is 5.75 Å². The first-order valence-electron chi connectivity index (χ1n) is 9.89. The van der Waals surface area contributed by atoms with Gasteiger partial charge in [-0.25, -0.2) is 10.2 Å². The van der Waals surface area contributed by atoms with Gasteiger partial charge in [0.25, 0.3) is 5.91 Å². The van der Waals surface area contributed by atoms with Crippen molar-refractivity contribution in [3.8, 4) is 11.4 Å². The first-order chi connectivity index (χ1) is 15.0. The van der Waals surface area contributed by atoms with Gasteiger partial charge >= 0.3 is 5.97 Å². The summed E-state index contributed by atoms with van der Waals surface area (Å²) in [6.45, 7) is 5.96. The average molecular weight is 419 g/mol. The van der Waals surface area contributed by atoms with E-state index in [0.717, 1.165) is 22.6 Å². The summed E-state index contributed by atoms with van der Waals surface area (Å²) in [5, 5.41) is 4.10. The van der Waals surface area contributed by atoms with Crippen molar-refractivity contribution in [2.75, 3.05) is 13.7 Å². The lowest BCUT2D eigenvalue weighted by molar-refractivity contribution is 0.0526. The van der Waals surface area contributed by atoms with Crippen LogP contribution in [0.1, 0.15) is 44.6 Å². The number of hydrazone groups is 1. The molecule has 0 spiro atoms. The van der Waals surface area contributed by atoms with E-state index in [4.69, 9.17) is 9.47 Å². The van der Waals surface area contributed by atoms with Crippen LogP contribution in [0.2, 0.25) is 0 Å². The molecule has 1 heterocycles. The molecule has 0 unspecified atom stereocenters. The zero-order chi connectivity index (χ0) is 22.4. The highest BCUT2D eigenvalue weighted by molar-refractivity contribution is 5.96. The summed E-state index contributed by atoms with van der Waals surface area (Å²) in [6, 6.07) is 16.1. The monoisotopic (exact) mass is 419 g/mol. The Hall–Kier alpha value is -3.87. The third kappa shape index (κ3) is 4.83. The number of hydrogen-bond donors (Lipinski definition) is 1. The highest BCUT2D eigenvalue weighted by atomic mass is 16.5. The summed E-state index contributed by atoms with van der Waals surface area (Å²) < 4.78 is 12.3. The Morgan fingerprint density at radius 2 is 1.87 bits per heavy atom. The molecule has 0 radical (unpaired) electrons. The molecule has 0 atom stereocenters. The average Bonchev–Trinajstić information content (AvgIpc) is 3.06. The van der Waals surface area contributed by atoms with Crippen molar-refractivity contribution in [3.63, 3.8) is 0 Å². The van der Waals surface area contributed by atoms with Crippen molar-refractivity contribution >= 4 is 18.1 Å². The SMILES string of the molecule is CCOC(=O)c1ccccc1-n1c(C)cc(/C=N\NC(=O)c2cccc(OC)c2)c1C. The van der Waals surface area contributed by atoms with Gasteiger partial charge in [0.15, 0.2) is 0 Å². The fraction of sp³-hybridized carbons (Fsp3) is 0.208. The van der Waals surface area contributed by atoms with Gasteiger partial charge < -0.3 is 14.0 Å². The molecule has 2 aromatic carbocycles. The Bertz CT molecular complexity index is 1130. The number of nitrogens with one attached hydrogen (secondary N) is 1. The van der Waals surface area contributed by atoms with Gasteiger partial charge in [-0.05, 0) is 57.2 Å². The number of hydrogen-bond acceptors (Lipinski definition) is 5. The number of amides is 1. The summed E-state index contributed by atoms with van der Waals surface area (Å²) in [6.07, 6.45) is 1.59. The lowest BCUT2D eigenvalue weighted by atomic mass is 10.1. The maximum atomic E-state index is 12.4. The van der Waals surface area contributed by atoms with Crippen molar-refractivity contribution in [3.05, 3.63) is 82.7 Å². The quantitative estimate of drug-likeness (QED) is 0.356. The fourth-order valence-electron chi connectivity index (χ4n) is 3.33. The van der Waals surface area contributed by atoms with E-state index >= 15 is 0 Å². The Labute approximate surface area is 181 Å². The molecule has 7 nitrogen and oxygen atoms in total. The van der Waals surface area contributed by atoms with Crippen LogP contribution in [0.25, 0.3) is 5.69 Å². The van der Waals surface area contributed by atoms with E-state index in [1.54, 1.807) is 56.6 Å². The van der Waals surface area contributed by atoms with E-state index in [-0.39, 0.29) is 11.9 Å². The molecule has 7 heteroatoms. The maximum absolute atomic E-state index is 12.4. The van der Waals surface area contributed by atoms with Crippen LogP contribution >= 0.6 is 0 Å². The second-order valence-electron chi connectivity index (χ2n) is 6.83. The predicted molar refractivity (Wildman–Crippen MR) is 119 cm³/mol. The minimum absolute atomic E-state index is 0.307. The second kappa shape index (κ2) is 9.75. The lowest BCUT2D eigenvalue weighted by Crippen LogP contribution is -2.17. The van der Waals surface area contributed by atoms with Gasteiger partial charge in [-0.2, -0.15) is 5.10 Å². The van der Waals surface area contributed by atoms with E-state index in [0.29, 0.717) is 23.5 Å². The van der Waals surface area contributed by atoms with E-state index in [9.17, 15) is 9.59 Å². The van der Waals surface area contributed by atoms with Gasteiger partial charge in [-0.15, -0.1) is 0 Å². The molecule has 0 saturated heterocycles. The molecule has 160 valence electrons. The number of benzene rings is 2. The number of aryl methyl sites for hydroxylation is 1. The smallest absolute Gasteiger partial charge is 0.340 e. The van der Waals surface area contributed by atoms with Crippen LogP contribution < -0.4 is 10.2 Å². The Morgan fingerprint density at radius 1 is 1.10 bits per heavy atom. The molecule has 31 heavy (non-hydrogen) atoms. The topological polar surface area (TPSA) is 81.9 Å². The molecule has 3 aromatic rings. The molecule has 1 N–H and O–H groups in total. The molecule has 0 fully saturated rings. The third-order valence-corrected chi connectivity index (χ3v) is 4.81. The zero-order valence-corrected chi connectivity index (χ0v) is 18.0. The van der Waals surface area contributed by atoms with Crippen LogP contribution in [-0.2, 0) is 4.74 Å². The number of para-hydroxylation sites is 1. The number of carbonyl (C=O) groups is 2. The minimum atomic E-state index is -0.369. The first-order valence-corrected chi connectivity index (χ1v) is 9.89. The van der Waals surface area contributed by atoms with E-state index in [1.807, 2.05) is 36.6 Å². The lowest BCUT2D eigenvalue weighted by Gasteiger charge is -2.14. The van der Waals surface area contributed by atoms with Crippen LogP contribution in [0.3, 0.4) is 0 Å². The predicted octanol–water partition coefficient (Wildman–Crippen LogP) is 4.04. The van der Waals surface area contributed by atoms with Gasteiger partial charge in [0.2, 0.25) is 0 Å². The van der Waals surface area contributed by atoms with E-state index < -0.39 is 0 Å². The molecule has 1 amide bonds. The highest BCUT2D eigenvalue weighted by Crippen LogP contribution is 2.23. The number of rotatable bonds is 7. The number of aromatic nitrogens is 1. The molecule has 0 aliphatic rings. The van der Waals surface area contributed by atoms with Crippen molar-refractivity contribution in [2.45, 2.75) is 20.8 Å². The van der Waals surface area contributed by atoms with Crippen molar-refractivity contribution in [2.24, 2.45) is 5.10 Å². The fourth-order valence-corrected chi connectivity index (χ4v) is 3.33. The standard InChI is InChI=1S/C24H25N3O4/c1-5-31-24(29)21-11-6-7-12-22(21)27-16(2)13-19(17(27)3)15-25-26-23(28)18-9-8-10-20(14-18)30-4/h6-15H,5H2,1-4H3,(H,26,28)/b25-15-. The Balaban J connectivity index is 1.84. The number of methoxy groups -OCH3 is 1. The minimum Gasteiger partial charge on any atom is -0.497 e. The van der Waals surface area contributed by atoms with Crippen LogP contribution in [0.15, 0.2) is 59.7 Å². The van der Waals surface area contributed by atoms with Gasteiger partial charge in [0, 0.05) is 22.5 Å². The van der Waals surface area contributed by atoms with Crippen LogP contribution in [0, 0.1) is 13.8 Å². The first kappa shape index (κ1) is 21.8. The summed E-state index contributed by atoms with van der Waals surface area (Å²) >= 11 is 0. The molecule has 1 aromatic heterocycles. The molecule has 0 aliphatic heterocycles. The number of esters is 1. The van der Waals surface area contributed by atoms with Crippen molar-refractivity contribution in [1.29, 1.82) is 0 Å². The summed E-state index contributed by atoms with van der Waals surface area (Å²) in [5.41, 5.74) is 6.83. The molecule has 3 rings (SSSR count). The Kier molecular flexibility index (Phi) is 6.87. The summed E-state index contributed by atoms with van der Waals surface area (Å²) in [4.78, 5) is 24.7. The van der Waals surface area contributed by atoms with Crippen molar-refractivity contribution < 1.29 is 19.1 Å². The normalized spacial score (nSPS) is 10.8. The van der Waals surface area contributed by atoms with E-state index in [1.165, 1.54) is 0 Å². The maximum Gasteiger partial charge on any atom is 0.340 e. The van der Waals surface area contributed by atoms with Crippen LogP contribution in [-0.4, -0.2) is 36.4 Å². The highest BCUT2D eigenvalue weighted by Gasteiger charge is 2.17. The zero-order valence-electron chi connectivity index (χ0n) is 18.0. The number of ether oxygens (including phenoxy) is 2. The van der Waals surface area contributed by atoms with Gasteiger partial charge in [0.1, 0.15) is 5.75 Å². The largest absolute Gasteiger partial charge is 0.497 e. The van der Waals surface area contributed by atoms with Crippen molar-refractivity contribution in [1.82, 2.24) is 9.99 Å². The third-order valence-electron chi connectivity index (χ3n) is 4.81. The molecular formula is C24H25N3O4.